The van der Waals surface area contributed by atoms with Gasteiger partial charge < -0.3 is 10.5 Å². The van der Waals surface area contributed by atoms with E-state index < -0.39 is 0 Å². The summed E-state index contributed by atoms with van der Waals surface area (Å²) in [5.74, 6) is 0. The maximum Gasteiger partial charge on any atom is 0.0549 e. The Bertz CT molecular complexity index is 162. The second kappa shape index (κ2) is 6.49. The molecule has 90 valence electrons. The van der Waals surface area contributed by atoms with Crippen LogP contribution in [0, 0.1) is 5.41 Å². The molecule has 0 radical (unpaired) electrons. The molecule has 1 fully saturated rings. The number of ether oxygens (including phenoxy) is 1. The Morgan fingerprint density at radius 3 is 2.13 bits per heavy atom. The van der Waals surface area contributed by atoms with Crippen molar-refractivity contribution in [2.75, 3.05) is 13.7 Å². The van der Waals surface area contributed by atoms with Gasteiger partial charge in [-0.1, -0.05) is 32.1 Å². The Morgan fingerprint density at radius 2 is 1.67 bits per heavy atom. The SMILES string of the molecule is COC(C)CC1(CN)CCCCCCC1. The van der Waals surface area contributed by atoms with Crippen LogP contribution in [0.1, 0.15) is 58.3 Å². The second-order valence-electron chi connectivity index (χ2n) is 5.22. The van der Waals surface area contributed by atoms with Crippen LogP contribution in [0.5, 0.6) is 0 Å². The molecular weight excluding hydrogens is 186 g/mol. The van der Waals surface area contributed by atoms with Crippen molar-refractivity contribution in [2.24, 2.45) is 11.1 Å². The van der Waals surface area contributed by atoms with Gasteiger partial charge in [-0.05, 0) is 38.1 Å². The van der Waals surface area contributed by atoms with Crippen LogP contribution < -0.4 is 5.73 Å². The summed E-state index contributed by atoms with van der Waals surface area (Å²) in [6, 6.07) is 0. The number of rotatable bonds is 4. The van der Waals surface area contributed by atoms with Crippen molar-refractivity contribution in [3.8, 4) is 0 Å². The molecule has 0 saturated heterocycles. The van der Waals surface area contributed by atoms with Crippen LogP contribution in [0.2, 0.25) is 0 Å². The first kappa shape index (κ1) is 13.0. The van der Waals surface area contributed by atoms with Crippen LogP contribution in [0.25, 0.3) is 0 Å². The zero-order valence-electron chi connectivity index (χ0n) is 10.4. The van der Waals surface area contributed by atoms with E-state index in [0.717, 1.165) is 13.0 Å². The number of hydrogen-bond donors (Lipinski definition) is 1. The minimum atomic E-state index is 0.355. The van der Waals surface area contributed by atoms with Gasteiger partial charge in [0.25, 0.3) is 0 Å². The maximum absolute atomic E-state index is 6.01. The molecule has 1 atom stereocenters. The molecule has 1 aliphatic rings. The van der Waals surface area contributed by atoms with E-state index >= 15 is 0 Å². The Kier molecular flexibility index (Phi) is 5.62. The van der Waals surface area contributed by atoms with Crippen molar-refractivity contribution in [3.05, 3.63) is 0 Å². The highest BCUT2D eigenvalue weighted by Gasteiger charge is 2.30. The quantitative estimate of drug-likeness (QED) is 0.779. The molecule has 1 aliphatic carbocycles. The lowest BCUT2D eigenvalue weighted by molar-refractivity contribution is 0.0544. The summed E-state index contributed by atoms with van der Waals surface area (Å²) in [6.45, 7) is 3.00. The predicted molar refractivity (Wildman–Crippen MR) is 64.9 cm³/mol. The minimum absolute atomic E-state index is 0.355. The third-order valence-electron chi connectivity index (χ3n) is 3.97. The molecule has 1 unspecified atom stereocenters. The monoisotopic (exact) mass is 213 g/mol. The normalized spacial score (nSPS) is 24.2. The molecule has 1 rings (SSSR count). The Hall–Kier alpha value is -0.0800. The van der Waals surface area contributed by atoms with Crippen molar-refractivity contribution in [1.29, 1.82) is 0 Å². The third-order valence-corrected chi connectivity index (χ3v) is 3.97. The smallest absolute Gasteiger partial charge is 0.0549 e. The molecular formula is C13H27NO. The van der Waals surface area contributed by atoms with Crippen LogP contribution in [-0.2, 0) is 4.74 Å². The average molecular weight is 213 g/mol. The van der Waals surface area contributed by atoms with E-state index in [4.69, 9.17) is 10.5 Å². The molecule has 2 nitrogen and oxygen atoms in total. The van der Waals surface area contributed by atoms with Crippen LogP contribution in [-0.4, -0.2) is 19.8 Å². The highest BCUT2D eigenvalue weighted by molar-refractivity contribution is 4.83. The summed E-state index contributed by atoms with van der Waals surface area (Å²) >= 11 is 0. The summed E-state index contributed by atoms with van der Waals surface area (Å²) in [7, 11) is 1.80. The molecule has 0 aliphatic heterocycles. The molecule has 0 spiro atoms. The molecule has 0 heterocycles. The summed E-state index contributed by atoms with van der Waals surface area (Å²) in [5.41, 5.74) is 6.38. The van der Waals surface area contributed by atoms with E-state index in [-0.39, 0.29) is 0 Å². The summed E-state index contributed by atoms with van der Waals surface area (Å²) in [4.78, 5) is 0. The molecule has 1 saturated carbocycles. The lowest BCUT2D eigenvalue weighted by Crippen LogP contribution is -2.34. The second-order valence-corrected chi connectivity index (χ2v) is 5.22. The molecule has 0 aromatic rings. The van der Waals surface area contributed by atoms with Gasteiger partial charge in [0.2, 0.25) is 0 Å². The lowest BCUT2D eigenvalue weighted by Gasteiger charge is -2.36. The molecule has 0 aromatic heterocycles. The van der Waals surface area contributed by atoms with E-state index in [1.807, 2.05) is 0 Å². The fraction of sp³-hybridized carbons (Fsp3) is 1.00. The van der Waals surface area contributed by atoms with E-state index in [1.165, 1.54) is 44.9 Å². The minimum Gasteiger partial charge on any atom is -0.382 e. The molecule has 0 aromatic carbocycles. The molecule has 2 heteroatoms. The van der Waals surface area contributed by atoms with E-state index in [2.05, 4.69) is 6.92 Å². The van der Waals surface area contributed by atoms with Gasteiger partial charge in [0, 0.05) is 7.11 Å². The summed E-state index contributed by atoms with van der Waals surface area (Å²) in [6.07, 6.45) is 11.0. The van der Waals surface area contributed by atoms with Crippen LogP contribution in [0.4, 0.5) is 0 Å². The maximum atomic E-state index is 6.01. The van der Waals surface area contributed by atoms with Gasteiger partial charge in [-0.3, -0.25) is 0 Å². The van der Waals surface area contributed by atoms with E-state index in [1.54, 1.807) is 7.11 Å². The summed E-state index contributed by atoms with van der Waals surface area (Å²) < 4.78 is 5.40. The van der Waals surface area contributed by atoms with Gasteiger partial charge in [0.1, 0.15) is 0 Å². The Labute approximate surface area is 94.6 Å². The molecule has 2 N–H and O–H groups in total. The van der Waals surface area contributed by atoms with Gasteiger partial charge in [-0.2, -0.15) is 0 Å². The van der Waals surface area contributed by atoms with Crippen molar-refractivity contribution in [2.45, 2.75) is 64.4 Å². The van der Waals surface area contributed by atoms with E-state index in [9.17, 15) is 0 Å². The first-order valence-electron chi connectivity index (χ1n) is 6.45. The molecule has 0 bridgehead atoms. The van der Waals surface area contributed by atoms with Crippen molar-refractivity contribution < 1.29 is 4.74 Å². The van der Waals surface area contributed by atoms with Crippen LogP contribution in [0.3, 0.4) is 0 Å². The molecule has 15 heavy (non-hydrogen) atoms. The third kappa shape index (κ3) is 4.12. The van der Waals surface area contributed by atoms with Crippen LogP contribution >= 0.6 is 0 Å². The van der Waals surface area contributed by atoms with Crippen LogP contribution in [0.15, 0.2) is 0 Å². The van der Waals surface area contributed by atoms with Crippen molar-refractivity contribution >= 4 is 0 Å². The fourth-order valence-electron chi connectivity index (χ4n) is 2.84. The zero-order chi connectivity index (χ0) is 11.1. The largest absolute Gasteiger partial charge is 0.382 e. The topological polar surface area (TPSA) is 35.2 Å². The van der Waals surface area contributed by atoms with E-state index in [0.29, 0.717) is 11.5 Å². The van der Waals surface area contributed by atoms with Gasteiger partial charge in [-0.15, -0.1) is 0 Å². The Balaban J connectivity index is 2.53. The zero-order valence-corrected chi connectivity index (χ0v) is 10.4. The highest BCUT2D eigenvalue weighted by Crippen LogP contribution is 2.37. The van der Waals surface area contributed by atoms with Gasteiger partial charge in [0.15, 0.2) is 0 Å². The van der Waals surface area contributed by atoms with Gasteiger partial charge in [-0.25, -0.2) is 0 Å². The fourth-order valence-corrected chi connectivity index (χ4v) is 2.84. The Morgan fingerprint density at radius 1 is 1.13 bits per heavy atom. The molecule has 0 amide bonds. The standard InChI is InChI=1S/C13H27NO/c1-12(15-2)10-13(11-14)8-6-4-3-5-7-9-13/h12H,3-11,14H2,1-2H3. The number of hydrogen-bond acceptors (Lipinski definition) is 2. The summed E-state index contributed by atoms with van der Waals surface area (Å²) in [5, 5.41) is 0. The first-order valence-corrected chi connectivity index (χ1v) is 6.45. The average Bonchev–Trinajstić information content (AvgIpc) is 2.22. The number of nitrogens with two attached hydrogens (primary N) is 1. The van der Waals surface area contributed by atoms with Gasteiger partial charge in [0.05, 0.1) is 6.10 Å². The van der Waals surface area contributed by atoms with Gasteiger partial charge >= 0.3 is 0 Å². The predicted octanol–water partition coefficient (Wildman–Crippen LogP) is 3.10. The highest BCUT2D eigenvalue weighted by atomic mass is 16.5. The van der Waals surface area contributed by atoms with Crippen molar-refractivity contribution in [3.63, 3.8) is 0 Å². The number of methoxy groups -OCH3 is 1. The lowest BCUT2D eigenvalue weighted by atomic mass is 9.73. The van der Waals surface area contributed by atoms with Crippen molar-refractivity contribution in [1.82, 2.24) is 0 Å². The first-order chi connectivity index (χ1) is 7.22.